The highest BCUT2D eigenvalue weighted by atomic mass is 32.2. The van der Waals surface area contributed by atoms with Gasteiger partial charge in [-0.15, -0.1) is 0 Å². The molecule has 0 N–H and O–H groups in total. The van der Waals surface area contributed by atoms with Crippen LogP contribution in [0.2, 0.25) is 0 Å². The molecule has 0 spiro atoms. The molecule has 18 heavy (non-hydrogen) atoms. The van der Waals surface area contributed by atoms with Crippen molar-refractivity contribution in [2.24, 2.45) is 5.92 Å². The molecule has 1 aliphatic rings. The molecule has 1 atom stereocenters. The fourth-order valence-corrected chi connectivity index (χ4v) is 3.22. The van der Waals surface area contributed by atoms with Gasteiger partial charge in [-0.3, -0.25) is 4.79 Å². The van der Waals surface area contributed by atoms with E-state index >= 15 is 0 Å². The highest BCUT2D eigenvalue weighted by Crippen LogP contribution is 2.18. The molecule has 1 unspecified atom stereocenters. The molecule has 0 aliphatic carbocycles. The van der Waals surface area contributed by atoms with Crippen LogP contribution in [0.15, 0.2) is 12.2 Å². The van der Waals surface area contributed by atoms with Gasteiger partial charge in [0.15, 0.2) is 9.84 Å². The van der Waals surface area contributed by atoms with Crippen molar-refractivity contribution in [3.05, 3.63) is 12.2 Å². The van der Waals surface area contributed by atoms with Crippen LogP contribution in [0.25, 0.3) is 0 Å². The zero-order valence-corrected chi connectivity index (χ0v) is 12.2. The van der Waals surface area contributed by atoms with Gasteiger partial charge < -0.3 is 4.90 Å². The zero-order valence-electron chi connectivity index (χ0n) is 11.4. The second-order valence-corrected chi connectivity index (χ2v) is 7.41. The second-order valence-electron chi connectivity index (χ2n) is 5.05. The summed E-state index contributed by atoms with van der Waals surface area (Å²) in [5, 5.41) is -0.929. The lowest BCUT2D eigenvalue weighted by atomic mass is 9.99. The minimum Gasteiger partial charge on any atom is -0.342 e. The first-order chi connectivity index (χ1) is 8.38. The lowest BCUT2D eigenvalue weighted by Gasteiger charge is -2.32. The maximum Gasteiger partial charge on any atom is 0.240 e. The van der Waals surface area contributed by atoms with Crippen molar-refractivity contribution in [1.82, 2.24) is 4.90 Å². The number of piperidine rings is 1. The molecule has 1 fully saturated rings. The Kier molecular flexibility index (Phi) is 5.38. The Bertz CT molecular complexity index is 406. The van der Waals surface area contributed by atoms with E-state index in [1.54, 1.807) is 24.0 Å². The Labute approximate surface area is 110 Å². The van der Waals surface area contributed by atoms with Gasteiger partial charge in [-0.2, -0.15) is 0 Å². The molecule has 0 aromatic rings. The monoisotopic (exact) mass is 273 g/mol. The Morgan fingerprint density at radius 2 is 1.94 bits per heavy atom. The van der Waals surface area contributed by atoms with Gasteiger partial charge in [0.1, 0.15) is 5.25 Å². The summed E-state index contributed by atoms with van der Waals surface area (Å²) in [7, 11) is -3.36. The summed E-state index contributed by atoms with van der Waals surface area (Å²) in [5.41, 5.74) is 0. The predicted octanol–water partition coefficient (Wildman–Crippen LogP) is 1.62. The van der Waals surface area contributed by atoms with Gasteiger partial charge in [0.2, 0.25) is 5.91 Å². The van der Waals surface area contributed by atoms with Crippen LogP contribution in [0.3, 0.4) is 0 Å². The summed E-state index contributed by atoms with van der Waals surface area (Å²) in [5.74, 6) is 0.330. The summed E-state index contributed by atoms with van der Waals surface area (Å²) < 4.78 is 23.9. The van der Waals surface area contributed by atoms with E-state index in [0.717, 1.165) is 12.8 Å². The molecule has 1 aliphatic heterocycles. The number of carbonyl (C=O) groups excluding carboxylic acids is 1. The Morgan fingerprint density at radius 3 is 2.44 bits per heavy atom. The molecule has 1 rings (SSSR count). The van der Waals surface area contributed by atoms with E-state index in [4.69, 9.17) is 0 Å². The van der Waals surface area contributed by atoms with Gasteiger partial charge >= 0.3 is 0 Å². The van der Waals surface area contributed by atoms with Crippen LogP contribution < -0.4 is 0 Å². The molecule has 1 saturated heterocycles. The number of hydrogen-bond donors (Lipinski definition) is 0. The summed E-state index contributed by atoms with van der Waals surface area (Å²) in [4.78, 5) is 13.8. The highest BCUT2D eigenvalue weighted by molar-refractivity contribution is 7.92. The van der Waals surface area contributed by atoms with Crippen molar-refractivity contribution in [3.8, 4) is 0 Å². The number of allylic oxidation sites excluding steroid dienone is 1. The number of likely N-dealkylation sites (tertiary alicyclic amines) is 1. The van der Waals surface area contributed by atoms with Crippen molar-refractivity contribution in [1.29, 1.82) is 0 Å². The van der Waals surface area contributed by atoms with Crippen LogP contribution in [0.1, 0.15) is 33.6 Å². The van der Waals surface area contributed by atoms with Crippen LogP contribution in [-0.4, -0.2) is 43.3 Å². The largest absolute Gasteiger partial charge is 0.342 e. The van der Waals surface area contributed by atoms with Crippen molar-refractivity contribution in [2.75, 3.05) is 18.8 Å². The summed E-state index contributed by atoms with van der Waals surface area (Å²) in [6.45, 7) is 6.80. The highest BCUT2D eigenvalue weighted by Gasteiger charge is 2.32. The van der Waals surface area contributed by atoms with Gasteiger partial charge in [-0.25, -0.2) is 8.42 Å². The fraction of sp³-hybridized carbons (Fsp3) is 0.769. The maximum absolute atomic E-state index is 12.1. The Morgan fingerprint density at radius 1 is 1.39 bits per heavy atom. The average Bonchev–Trinajstić information content (AvgIpc) is 2.35. The quantitative estimate of drug-likeness (QED) is 0.731. The molecule has 104 valence electrons. The Hall–Kier alpha value is -0.840. The predicted molar refractivity (Wildman–Crippen MR) is 73.0 cm³/mol. The van der Waals surface area contributed by atoms with Gasteiger partial charge in [-0.05, 0) is 32.6 Å². The van der Waals surface area contributed by atoms with E-state index in [-0.39, 0.29) is 11.7 Å². The smallest absolute Gasteiger partial charge is 0.240 e. The van der Waals surface area contributed by atoms with Gasteiger partial charge in [-0.1, -0.05) is 19.1 Å². The first-order valence-corrected chi connectivity index (χ1v) is 8.21. The summed E-state index contributed by atoms with van der Waals surface area (Å²) >= 11 is 0. The van der Waals surface area contributed by atoms with E-state index in [1.807, 2.05) is 0 Å². The number of rotatable bonds is 4. The van der Waals surface area contributed by atoms with Crippen molar-refractivity contribution < 1.29 is 13.2 Å². The molecular weight excluding hydrogens is 250 g/mol. The molecular formula is C13H23NO3S. The topological polar surface area (TPSA) is 54.5 Å². The third-order valence-electron chi connectivity index (χ3n) is 3.55. The SMILES string of the molecule is C/C=C/CS(=O)(=O)C(C)C(=O)N1CCC(C)CC1. The molecule has 1 heterocycles. The standard InChI is InChI=1S/C13H23NO3S/c1-4-5-10-18(16,17)12(3)13(15)14-8-6-11(2)7-9-14/h4-5,11-12H,6-10H2,1-3H3/b5-4+. The lowest BCUT2D eigenvalue weighted by molar-refractivity contribution is -0.131. The summed E-state index contributed by atoms with van der Waals surface area (Å²) in [6, 6.07) is 0. The van der Waals surface area contributed by atoms with Crippen LogP contribution >= 0.6 is 0 Å². The number of carbonyl (C=O) groups is 1. The van der Waals surface area contributed by atoms with Crippen LogP contribution in [0.4, 0.5) is 0 Å². The minimum atomic E-state index is -3.36. The maximum atomic E-state index is 12.1. The number of nitrogens with zero attached hydrogens (tertiary/aromatic N) is 1. The van der Waals surface area contributed by atoms with Gasteiger partial charge in [0, 0.05) is 13.1 Å². The molecule has 5 heteroatoms. The van der Waals surface area contributed by atoms with E-state index in [9.17, 15) is 13.2 Å². The van der Waals surface area contributed by atoms with E-state index in [0.29, 0.717) is 19.0 Å². The third-order valence-corrected chi connectivity index (χ3v) is 5.48. The second kappa shape index (κ2) is 6.36. The van der Waals surface area contributed by atoms with Crippen molar-refractivity contribution in [2.45, 2.75) is 38.9 Å². The first-order valence-electron chi connectivity index (χ1n) is 6.50. The number of hydrogen-bond acceptors (Lipinski definition) is 3. The fourth-order valence-electron chi connectivity index (χ4n) is 2.01. The molecule has 0 aromatic carbocycles. The van der Waals surface area contributed by atoms with Crippen LogP contribution in [-0.2, 0) is 14.6 Å². The average molecular weight is 273 g/mol. The molecule has 4 nitrogen and oxygen atoms in total. The molecule has 0 aromatic heterocycles. The van der Waals surface area contributed by atoms with Crippen molar-refractivity contribution in [3.63, 3.8) is 0 Å². The van der Waals surface area contributed by atoms with Crippen molar-refractivity contribution >= 4 is 15.7 Å². The number of sulfone groups is 1. The van der Waals surface area contributed by atoms with Gasteiger partial charge in [0.25, 0.3) is 0 Å². The van der Waals surface area contributed by atoms with Gasteiger partial charge in [0.05, 0.1) is 5.75 Å². The molecule has 0 saturated carbocycles. The number of amides is 1. The van der Waals surface area contributed by atoms with E-state index < -0.39 is 15.1 Å². The van der Waals surface area contributed by atoms with E-state index in [1.165, 1.54) is 6.92 Å². The summed E-state index contributed by atoms with van der Waals surface area (Å²) in [6.07, 6.45) is 5.20. The van der Waals surface area contributed by atoms with E-state index in [2.05, 4.69) is 6.92 Å². The third kappa shape index (κ3) is 3.83. The first kappa shape index (κ1) is 15.2. The lowest BCUT2D eigenvalue weighted by Crippen LogP contribution is -2.45. The molecule has 1 amide bonds. The Balaban J connectivity index is 2.66. The van der Waals surface area contributed by atoms with Crippen LogP contribution in [0, 0.1) is 5.92 Å². The normalized spacial score (nSPS) is 20.3. The molecule has 0 radical (unpaired) electrons. The molecule has 0 bridgehead atoms. The van der Waals surface area contributed by atoms with Crippen LogP contribution in [0.5, 0.6) is 0 Å². The zero-order chi connectivity index (χ0) is 13.8. The minimum absolute atomic E-state index is 0.0549.